The number of imidazole rings is 1. The summed E-state index contributed by atoms with van der Waals surface area (Å²) in [4.78, 5) is 12.5. The van der Waals surface area contributed by atoms with E-state index in [0.717, 1.165) is 54.1 Å². The van der Waals surface area contributed by atoms with E-state index >= 15 is 0 Å². The van der Waals surface area contributed by atoms with E-state index in [1.54, 1.807) is 0 Å². The molecule has 0 bridgehead atoms. The number of aliphatic hydroxyl groups is 1. The molecule has 0 aliphatic heterocycles. The minimum absolute atomic E-state index is 0.0922. The zero-order valence-corrected chi connectivity index (χ0v) is 18.6. The topological polar surface area (TPSA) is 94.6 Å². The molecule has 166 valence electrons. The van der Waals surface area contributed by atoms with Gasteiger partial charge in [-0.2, -0.15) is 0 Å². The molecule has 3 aromatic rings. The minimum atomic E-state index is -0.693. The maximum Gasteiger partial charge on any atom is 0.191 e. The first-order valence-electron chi connectivity index (χ1n) is 11.0. The van der Waals surface area contributed by atoms with Crippen LogP contribution in [-0.2, 0) is 6.42 Å². The van der Waals surface area contributed by atoms with E-state index in [2.05, 4.69) is 25.6 Å². The number of aryl methyl sites for hydroxylation is 1. The van der Waals surface area contributed by atoms with Crippen molar-refractivity contribution in [3.63, 3.8) is 0 Å². The lowest BCUT2D eigenvalue weighted by Gasteiger charge is -2.15. The molecule has 0 saturated heterocycles. The molecule has 7 nitrogen and oxygen atoms in total. The largest absolute Gasteiger partial charge is 0.491 e. The average Bonchev–Trinajstić information content (AvgIpc) is 3.17. The molecule has 0 amide bonds. The Bertz CT molecular complexity index is 950. The molecule has 2 aromatic carbocycles. The Morgan fingerprint density at radius 2 is 2.00 bits per heavy atom. The van der Waals surface area contributed by atoms with Crippen LogP contribution < -0.4 is 15.4 Å². The lowest BCUT2D eigenvalue weighted by molar-refractivity contribution is 0.185. The first-order valence-corrected chi connectivity index (χ1v) is 11.0. The van der Waals surface area contributed by atoms with Crippen molar-refractivity contribution in [1.29, 1.82) is 0 Å². The Labute approximate surface area is 184 Å². The minimum Gasteiger partial charge on any atom is -0.491 e. The van der Waals surface area contributed by atoms with Crippen molar-refractivity contribution in [1.82, 2.24) is 20.6 Å². The number of nitrogens with zero attached hydrogens (tertiary/aromatic N) is 2. The maximum atomic E-state index is 10.6. The molecule has 0 aliphatic carbocycles. The van der Waals surface area contributed by atoms with Gasteiger partial charge in [-0.25, -0.2) is 4.98 Å². The lowest BCUT2D eigenvalue weighted by Crippen LogP contribution is -2.38. The number of aromatic amines is 1. The number of nitrogens with one attached hydrogen (secondary N) is 3. The Hall–Kier alpha value is -3.06. The Balaban J connectivity index is 1.49. The van der Waals surface area contributed by atoms with Crippen LogP contribution in [-0.4, -0.2) is 46.8 Å². The third-order valence-electron chi connectivity index (χ3n) is 4.70. The molecule has 7 heteroatoms. The third-order valence-corrected chi connectivity index (χ3v) is 4.70. The van der Waals surface area contributed by atoms with Crippen molar-refractivity contribution in [2.75, 3.05) is 19.6 Å². The number of ether oxygens (including phenoxy) is 1. The smallest absolute Gasteiger partial charge is 0.191 e. The fraction of sp³-hybridized carbons (Fsp3) is 0.417. The number of aromatic nitrogens is 2. The van der Waals surface area contributed by atoms with E-state index in [1.807, 2.05) is 69.3 Å². The second-order valence-corrected chi connectivity index (χ2v) is 7.71. The number of aliphatic hydroxyl groups excluding tert-OH is 1. The van der Waals surface area contributed by atoms with Crippen LogP contribution in [0.25, 0.3) is 11.0 Å². The number of guanidine groups is 1. The standard InChI is InChI=1S/C24H33N5O2/c1-4-25-24(26-14-8-13-23-28-20-11-5-6-12-21(20)29-23)27-16-22(30)18-9-7-10-19(15-18)31-17(2)3/h5-7,9-12,15,17,22,30H,4,8,13-14,16H2,1-3H3,(H,28,29)(H2,25,26,27). The van der Waals surface area contributed by atoms with Gasteiger partial charge < -0.3 is 25.5 Å². The summed E-state index contributed by atoms with van der Waals surface area (Å²) in [5.74, 6) is 2.44. The molecule has 0 saturated carbocycles. The van der Waals surface area contributed by atoms with Gasteiger partial charge in [0.05, 0.1) is 29.8 Å². The summed E-state index contributed by atoms with van der Waals surface area (Å²) in [6.45, 7) is 7.77. The Morgan fingerprint density at radius 1 is 1.16 bits per heavy atom. The van der Waals surface area contributed by atoms with Gasteiger partial charge in [-0.1, -0.05) is 24.3 Å². The van der Waals surface area contributed by atoms with Crippen molar-refractivity contribution in [3.8, 4) is 5.75 Å². The average molecular weight is 424 g/mol. The van der Waals surface area contributed by atoms with E-state index in [0.29, 0.717) is 5.96 Å². The highest BCUT2D eigenvalue weighted by Gasteiger charge is 2.10. The van der Waals surface area contributed by atoms with Crippen molar-refractivity contribution >= 4 is 17.0 Å². The van der Waals surface area contributed by atoms with Crippen LogP contribution in [0, 0.1) is 0 Å². The van der Waals surface area contributed by atoms with E-state index in [-0.39, 0.29) is 12.6 Å². The van der Waals surface area contributed by atoms with Gasteiger partial charge in [-0.15, -0.1) is 0 Å². The molecule has 1 heterocycles. The van der Waals surface area contributed by atoms with Gasteiger partial charge in [0.25, 0.3) is 0 Å². The summed E-state index contributed by atoms with van der Waals surface area (Å²) < 4.78 is 5.71. The Morgan fingerprint density at radius 3 is 2.77 bits per heavy atom. The summed E-state index contributed by atoms with van der Waals surface area (Å²) in [5.41, 5.74) is 2.86. The molecule has 1 aromatic heterocycles. The number of aliphatic imine (C=N–C) groups is 1. The van der Waals surface area contributed by atoms with Crippen molar-refractivity contribution < 1.29 is 9.84 Å². The van der Waals surface area contributed by atoms with Crippen molar-refractivity contribution in [2.45, 2.75) is 45.8 Å². The van der Waals surface area contributed by atoms with E-state index in [1.165, 1.54) is 0 Å². The van der Waals surface area contributed by atoms with Gasteiger partial charge in [-0.05, 0) is 57.0 Å². The summed E-state index contributed by atoms with van der Waals surface area (Å²) >= 11 is 0. The maximum absolute atomic E-state index is 10.6. The normalized spacial score (nSPS) is 12.9. The zero-order chi connectivity index (χ0) is 22.1. The molecule has 31 heavy (non-hydrogen) atoms. The van der Waals surface area contributed by atoms with Crippen LogP contribution in [0.15, 0.2) is 53.5 Å². The molecule has 1 unspecified atom stereocenters. The molecule has 3 rings (SSSR count). The molecule has 1 atom stereocenters. The number of benzene rings is 2. The van der Waals surface area contributed by atoms with Gasteiger partial charge in [0.15, 0.2) is 5.96 Å². The highest BCUT2D eigenvalue weighted by Crippen LogP contribution is 2.20. The van der Waals surface area contributed by atoms with Gasteiger partial charge in [0, 0.05) is 19.5 Å². The molecule has 0 spiro atoms. The van der Waals surface area contributed by atoms with E-state index in [4.69, 9.17) is 4.74 Å². The number of H-pyrrole nitrogens is 1. The van der Waals surface area contributed by atoms with Crippen LogP contribution in [0.4, 0.5) is 0 Å². The SMILES string of the molecule is CCNC(=NCC(O)c1cccc(OC(C)C)c1)NCCCc1nc2ccccc2[nH]1. The highest BCUT2D eigenvalue weighted by atomic mass is 16.5. The zero-order valence-electron chi connectivity index (χ0n) is 18.6. The summed E-state index contributed by atoms with van der Waals surface area (Å²) in [7, 11) is 0. The molecule has 4 N–H and O–H groups in total. The van der Waals surface area contributed by atoms with Gasteiger partial charge in [0.2, 0.25) is 0 Å². The predicted octanol–water partition coefficient (Wildman–Crippen LogP) is 3.57. The van der Waals surface area contributed by atoms with Crippen LogP contribution in [0.3, 0.4) is 0 Å². The number of hydrogen-bond acceptors (Lipinski definition) is 4. The monoisotopic (exact) mass is 423 g/mol. The second-order valence-electron chi connectivity index (χ2n) is 7.71. The second kappa shape index (κ2) is 11.4. The van der Waals surface area contributed by atoms with Crippen molar-refractivity contribution in [3.05, 3.63) is 59.9 Å². The molecule has 0 aliphatic rings. The van der Waals surface area contributed by atoms with Gasteiger partial charge in [-0.3, -0.25) is 4.99 Å². The van der Waals surface area contributed by atoms with E-state index < -0.39 is 6.10 Å². The number of rotatable bonds is 10. The molecular formula is C24H33N5O2. The molecular weight excluding hydrogens is 390 g/mol. The van der Waals surface area contributed by atoms with Gasteiger partial charge >= 0.3 is 0 Å². The third kappa shape index (κ3) is 7.00. The fourth-order valence-corrected chi connectivity index (χ4v) is 3.28. The quantitative estimate of drug-likeness (QED) is 0.227. The predicted molar refractivity (Wildman–Crippen MR) is 126 cm³/mol. The molecule has 0 radical (unpaired) electrons. The van der Waals surface area contributed by atoms with Crippen molar-refractivity contribution in [2.24, 2.45) is 4.99 Å². The van der Waals surface area contributed by atoms with E-state index in [9.17, 15) is 5.11 Å². The lowest BCUT2D eigenvalue weighted by atomic mass is 10.1. The first-order chi connectivity index (χ1) is 15.0. The summed E-state index contributed by atoms with van der Waals surface area (Å²) in [6.07, 6.45) is 1.17. The van der Waals surface area contributed by atoms with Crippen LogP contribution in [0.2, 0.25) is 0 Å². The summed E-state index contributed by atoms with van der Waals surface area (Å²) in [5, 5.41) is 17.1. The summed E-state index contributed by atoms with van der Waals surface area (Å²) in [6, 6.07) is 15.6. The number of hydrogen-bond donors (Lipinski definition) is 4. The molecule has 0 fully saturated rings. The van der Waals surface area contributed by atoms with Crippen LogP contribution in [0.1, 0.15) is 44.7 Å². The van der Waals surface area contributed by atoms with Crippen LogP contribution in [0.5, 0.6) is 5.75 Å². The fourth-order valence-electron chi connectivity index (χ4n) is 3.28. The van der Waals surface area contributed by atoms with Crippen LogP contribution >= 0.6 is 0 Å². The van der Waals surface area contributed by atoms with Gasteiger partial charge in [0.1, 0.15) is 11.6 Å². The Kier molecular flexibility index (Phi) is 8.29. The first kappa shape index (κ1) is 22.6. The number of fused-ring (bicyclic) bond motifs is 1. The number of para-hydroxylation sites is 2. The highest BCUT2D eigenvalue weighted by molar-refractivity contribution is 5.79.